The third kappa shape index (κ3) is 4.43. The molecule has 3 aliphatic rings. The molecule has 2 aromatic rings. The molecule has 0 saturated carbocycles. The number of carbonyl (C=O) groups is 2. The van der Waals surface area contributed by atoms with E-state index >= 15 is 0 Å². The molecule has 0 spiro atoms. The predicted octanol–water partition coefficient (Wildman–Crippen LogP) is 2.82. The van der Waals surface area contributed by atoms with Gasteiger partial charge in [-0.1, -0.05) is 30.3 Å². The molecule has 5 rings (SSSR count). The maximum Gasteiger partial charge on any atom is 0.231 e. The first-order valence-electron chi connectivity index (χ1n) is 11.3. The van der Waals surface area contributed by atoms with E-state index in [2.05, 4.69) is 22.8 Å². The molecule has 7 nitrogen and oxygen atoms in total. The van der Waals surface area contributed by atoms with E-state index in [1.54, 1.807) is 0 Å². The number of carbonyl (C=O) groups excluding carboxylic acids is 2. The second-order valence-corrected chi connectivity index (χ2v) is 8.81. The average molecular weight is 437 g/mol. The molecule has 3 heterocycles. The summed E-state index contributed by atoms with van der Waals surface area (Å²) in [6.07, 6.45) is 3.58. The zero-order valence-corrected chi connectivity index (χ0v) is 18.0. The molecule has 0 radical (unpaired) electrons. The maximum atomic E-state index is 12.7. The minimum Gasteiger partial charge on any atom is -0.454 e. The molecule has 1 saturated heterocycles. The number of hydrogen-bond donors (Lipinski definition) is 2. The van der Waals surface area contributed by atoms with Crippen LogP contribution in [-0.2, 0) is 27.2 Å². The SMILES string of the molecule is O=C(CC[C@]1(Cc2ccc3c(c2)OCO3)CCC(=O)N1)NC[C@H]1OCCc2ccccc21. The highest BCUT2D eigenvalue weighted by Crippen LogP contribution is 2.36. The van der Waals surface area contributed by atoms with E-state index in [-0.39, 0.29) is 24.7 Å². The molecule has 2 atom stereocenters. The Bertz CT molecular complexity index is 1020. The van der Waals surface area contributed by atoms with Crippen LogP contribution in [0.2, 0.25) is 0 Å². The summed E-state index contributed by atoms with van der Waals surface area (Å²) in [5, 5.41) is 6.17. The van der Waals surface area contributed by atoms with Gasteiger partial charge in [0.15, 0.2) is 11.5 Å². The van der Waals surface area contributed by atoms with Crippen LogP contribution in [0.4, 0.5) is 0 Å². The molecule has 2 N–H and O–H groups in total. The highest BCUT2D eigenvalue weighted by Gasteiger charge is 2.38. The van der Waals surface area contributed by atoms with Gasteiger partial charge in [-0.15, -0.1) is 0 Å². The number of benzene rings is 2. The molecule has 1 fully saturated rings. The predicted molar refractivity (Wildman–Crippen MR) is 117 cm³/mol. The average Bonchev–Trinajstić information content (AvgIpc) is 3.42. The van der Waals surface area contributed by atoms with Gasteiger partial charge in [0.1, 0.15) is 6.10 Å². The van der Waals surface area contributed by atoms with Gasteiger partial charge in [-0.2, -0.15) is 0 Å². The molecular formula is C25H28N2O5. The van der Waals surface area contributed by atoms with Crippen LogP contribution in [0.25, 0.3) is 0 Å². The summed E-state index contributed by atoms with van der Waals surface area (Å²) in [6.45, 7) is 1.36. The summed E-state index contributed by atoms with van der Waals surface area (Å²) in [5.41, 5.74) is 3.08. The highest BCUT2D eigenvalue weighted by atomic mass is 16.7. The van der Waals surface area contributed by atoms with Crippen molar-refractivity contribution in [2.45, 2.75) is 50.2 Å². The van der Waals surface area contributed by atoms with Crippen molar-refractivity contribution in [3.8, 4) is 11.5 Å². The van der Waals surface area contributed by atoms with Crippen LogP contribution in [0.5, 0.6) is 11.5 Å². The summed E-state index contributed by atoms with van der Waals surface area (Å²) in [7, 11) is 0. The molecule has 0 bridgehead atoms. The Morgan fingerprint density at radius 3 is 2.88 bits per heavy atom. The summed E-state index contributed by atoms with van der Waals surface area (Å²) in [4.78, 5) is 24.7. The van der Waals surface area contributed by atoms with Crippen molar-refractivity contribution in [1.82, 2.24) is 10.6 Å². The van der Waals surface area contributed by atoms with Crippen molar-refractivity contribution in [2.24, 2.45) is 0 Å². The number of nitrogens with one attached hydrogen (secondary N) is 2. The third-order valence-corrected chi connectivity index (χ3v) is 6.62. The fourth-order valence-corrected chi connectivity index (χ4v) is 4.92. The van der Waals surface area contributed by atoms with E-state index in [4.69, 9.17) is 14.2 Å². The van der Waals surface area contributed by atoms with Gasteiger partial charge in [-0.05, 0) is 54.5 Å². The molecule has 0 aromatic heterocycles. The fraction of sp³-hybridized carbons (Fsp3) is 0.440. The number of ether oxygens (including phenoxy) is 3. The molecular weight excluding hydrogens is 408 g/mol. The second kappa shape index (κ2) is 8.82. The van der Waals surface area contributed by atoms with Gasteiger partial charge in [0.05, 0.1) is 6.61 Å². The first-order chi connectivity index (χ1) is 15.6. The van der Waals surface area contributed by atoms with E-state index in [0.717, 1.165) is 29.0 Å². The smallest absolute Gasteiger partial charge is 0.231 e. The zero-order valence-electron chi connectivity index (χ0n) is 18.0. The topological polar surface area (TPSA) is 85.9 Å². The van der Waals surface area contributed by atoms with E-state index in [1.165, 1.54) is 5.56 Å². The van der Waals surface area contributed by atoms with E-state index in [0.29, 0.717) is 45.3 Å². The van der Waals surface area contributed by atoms with Crippen LogP contribution < -0.4 is 20.1 Å². The first kappa shape index (κ1) is 20.8. The molecule has 2 amide bonds. The van der Waals surface area contributed by atoms with Crippen LogP contribution in [0.3, 0.4) is 0 Å². The Balaban J connectivity index is 1.19. The lowest BCUT2D eigenvalue weighted by atomic mass is 9.85. The fourth-order valence-electron chi connectivity index (χ4n) is 4.92. The Kier molecular flexibility index (Phi) is 5.74. The van der Waals surface area contributed by atoms with Gasteiger partial charge in [0.25, 0.3) is 0 Å². The van der Waals surface area contributed by atoms with Crippen molar-refractivity contribution in [3.05, 3.63) is 59.2 Å². The summed E-state index contributed by atoms with van der Waals surface area (Å²) < 4.78 is 16.8. The summed E-state index contributed by atoms with van der Waals surface area (Å²) in [5.74, 6) is 1.48. The molecule has 168 valence electrons. The maximum absolute atomic E-state index is 12.7. The van der Waals surface area contributed by atoms with Crippen molar-refractivity contribution in [2.75, 3.05) is 19.9 Å². The quantitative estimate of drug-likeness (QED) is 0.697. The van der Waals surface area contributed by atoms with Gasteiger partial charge in [0, 0.05) is 24.9 Å². The Morgan fingerprint density at radius 1 is 1.12 bits per heavy atom. The zero-order chi connectivity index (χ0) is 22.0. The van der Waals surface area contributed by atoms with Crippen molar-refractivity contribution in [1.29, 1.82) is 0 Å². The number of rotatable bonds is 7. The van der Waals surface area contributed by atoms with Crippen molar-refractivity contribution >= 4 is 11.8 Å². The van der Waals surface area contributed by atoms with Crippen LogP contribution >= 0.6 is 0 Å². The van der Waals surface area contributed by atoms with Gasteiger partial charge < -0.3 is 24.8 Å². The van der Waals surface area contributed by atoms with E-state index < -0.39 is 5.54 Å². The monoisotopic (exact) mass is 436 g/mol. The Morgan fingerprint density at radius 2 is 2.00 bits per heavy atom. The summed E-state index contributed by atoms with van der Waals surface area (Å²) >= 11 is 0. The number of amides is 2. The van der Waals surface area contributed by atoms with Gasteiger partial charge in [-0.25, -0.2) is 0 Å². The molecule has 0 aliphatic carbocycles. The molecule has 2 aromatic carbocycles. The Hall–Kier alpha value is -3.06. The highest BCUT2D eigenvalue weighted by molar-refractivity contribution is 5.80. The van der Waals surface area contributed by atoms with Crippen LogP contribution in [0.15, 0.2) is 42.5 Å². The van der Waals surface area contributed by atoms with Crippen molar-refractivity contribution < 1.29 is 23.8 Å². The number of fused-ring (bicyclic) bond motifs is 2. The first-order valence-corrected chi connectivity index (χ1v) is 11.3. The van der Waals surface area contributed by atoms with Crippen LogP contribution in [0.1, 0.15) is 48.5 Å². The van der Waals surface area contributed by atoms with Gasteiger partial charge >= 0.3 is 0 Å². The minimum atomic E-state index is -0.421. The lowest BCUT2D eigenvalue weighted by Crippen LogP contribution is -2.44. The Labute approximate surface area is 187 Å². The van der Waals surface area contributed by atoms with Gasteiger partial charge in [-0.3, -0.25) is 9.59 Å². The largest absolute Gasteiger partial charge is 0.454 e. The molecule has 32 heavy (non-hydrogen) atoms. The molecule has 7 heteroatoms. The van der Waals surface area contributed by atoms with E-state index in [9.17, 15) is 9.59 Å². The lowest BCUT2D eigenvalue weighted by Gasteiger charge is -2.30. The second-order valence-electron chi connectivity index (χ2n) is 8.81. The third-order valence-electron chi connectivity index (χ3n) is 6.62. The summed E-state index contributed by atoms with van der Waals surface area (Å²) in [6, 6.07) is 14.1. The molecule has 0 unspecified atom stereocenters. The van der Waals surface area contributed by atoms with E-state index in [1.807, 2.05) is 30.3 Å². The van der Waals surface area contributed by atoms with Gasteiger partial charge in [0.2, 0.25) is 18.6 Å². The van der Waals surface area contributed by atoms with Crippen molar-refractivity contribution in [3.63, 3.8) is 0 Å². The van der Waals surface area contributed by atoms with Crippen LogP contribution in [-0.4, -0.2) is 37.3 Å². The standard InChI is InChI=1S/C25H28N2O5/c28-23(26-15-22-19-4-2-1-3-18(19)9-12-30-22)7-10-25(11-8-24(29)27-25)14-17-5-6-20-21(13-17)32-16-31-20/h1-6,13,22H,7-12,14-16H2,(H,26,28)(H,27,29)/t22-,25-/m1/s1. The normalized spacial score (nSPS) is 23.5. The molecule has 3 aliphatic heterocycles. The minimum absolute atomic E-state index is 0.0251. The van der Waals surface area contributed by atoms with Crippen LogP contribution in [0, 0.1) is 0 Å². The number of hydrogen-bond acceptors (Lipinski definition) is 5. The lowest BCUT2D eigenvalue weighted by molar-refractivity contribution is -0.123.